The molecule has 1 aliphatic heterocycles. The number of hydrogen-bond donors (Lipinski definition) is 9. The number of nitrogens with two attached hydrogens (primary N) is 1. The van der Waals surface area contributed by atoms with Gasteiger partial charge in [-0.05, 0) is 19.3 Å². The van der Waals surface area contributed by atoms with Crippen LogP contribution in [-0.4, -0.2) is 123 Å². The predicted octanol–water partition coefficient (Wildman–Crippen LogP) is 2.30. The minimum Gasteiger partial charge on any atom is -0.386 e. The van der Waals surface area contributed by atoms with Crippen molar-refractivity contribution >= 4 is 69.1 Å². The Bertz CT molecular complexity index is 2050. The van der Waals surface area contributed by atoms with Gasteiger partial charge in [0.2, 0.25) is 11.8 Å². The fourth-order valence-corrected chi connectivity index (χ4v) is 8.83. The summed E-state index contributed by atoms with van der Waals surface area (Å²) in [4.78, 5) is 87.9. The lowest BCUT2D eigenvalue weighted by atomic mass is 9.87. The van der Waals surface area contributed by atoms with Gasteiger partial charge >= 0.3 is 23.5 Å². The number of phosphoric acid groups is 3. The lowest BCUT2D eigenvalue weighted by Crippen LogP contribution is -2.46. The van der Waals surface area contributed by atoms with E-state index in [1.54, 1.807) is 6.08 Å². The highest BCUT2D eigenvalue weighted by Crippen LogP contribution is 2.61. The summed E-state index contributed by atoms with van der Waals surface area (Å²) in [5.74, 6) is -1.12. The topological polar surface area (TPSA) is 364 Å². The summed E-state index contributed by atoms with van der Waals surface area (Å²) in [6, 6.07) is 0. The smallest absolute Gasteiger partial charge is 0.386 e. The zero-order chi connectivity index (χ0) is 46.1. The normalized spacial score (nSPS) is 21.1. The molecule has 3 heterocycles. The number of amides is 2. The molecule has 28 heteroatoms. The molecule has 10 N–H and O–H groups in total. The van der Waals surface area contributed by atoms with Crippen LogP contribution in [0.5, 0.6) is 0 Å². The summed E-state index contributed by atoms with van der Waals surface area (Å²) in [5, 5.41) is 26.4. The highest BCUT2D eigenvalue weighted by Gasteiger charge is 2.50. The average molecular weight is 958 g/mol. The number of nitrogen functional groups attached to an aromatic ring is 1. The molecule has 0 radical (unpaired) electrons. The van der Waals surface area contributed by atoms with Crippen LogP contribution in [0, 0.1) is 5.41 Å². The van der Waals surface area contributed by atoms with Crippen molar-refractivity contribution in [1.82, 2.24) is 30.2 Å². The van der Waals surface area contributed by atoms with E-state index in [9.17, 15) is 57.9 Å². The number of unbranched alkanes of at least 4 members (excludes halogenated alkanes) is 1. The lowest BCUT2D eigenvalue weighted by Gasteiger charge is -2.30. The summed E-state index contributed by atoms with van der Waals surface area (Å²) in [5.41, 5.74) is 4.26. The number of thioether (sulfide) groups is 1. The van der Waals surface area contributed by atoms with Crippen LogP contribution < -0.4 is 16.4 Å². The monoisotopic (exact) mass is 957 g/mol. The summed E-state index contributed by atoms with van der Waals surface area (Å²) < 4.78 is 62.3. The molecule has 348 valence electrons. The summed E-state index contributed by atoms with van der Waals surface area (Å²) in [6.45, 7) is 2.60. The van der Waals surface area contributed by atoms with E-state index >= 15 is 0 Å². The number of imidazole rings is 1. The van der Waals surface area contributed by atoms with Gasteiger partial charge in [0.15, 0.2) is 22.8 Å². The van der Waals surface area contributed by atoms with Crippen molar-refractivity contribution in [3.63, 3.8) is 0 Å². The quantitative estimate of drug-likeness (QED) is 0.0352. The Morgan fingerprint density at radius 2 is 1.65 bits per heavy atom. The molecule has 7 unspecified atom stereocenters. The fraction of sp³-hybridized carbons (Fsp3) is 0.588. The Hall–Kier alpha value is -3.22. The molecule has 0 aliphatic carbocycles. The van der Waals surface area contributed by atoms with Crippen molar-refractivity contribution in [2.75, 3.05) is 37.8 Å². The van der Waals surface area contributed by atoms with Gasteiger partial charge in [-0.2, -0.15) is 4.31 Å². The van der Waals surface area contributed by atoms with Crippen molar-refractivity contribution < 1.29 is 80.5 Å². The van der Waals surface area contributed by atoms with Gasteiger partial charge in [0.1, 0.15) is 36.3 Å². The molecule has 3 rings (SSSR count). The number of anilines is 1. The van der Waals surface area contributed by atoms with Crippen LogP contribution in [0.2, 0.25) is 0 Å². The van der Waals surface area contributed by atoms with Crippen molar-refractivity contribution in [1.29, 1.82) is 0 Å². The number of carbonyl (C=O) groups is 3. The van der Waals surface area contributed by atoms with Gasteiger partial charge in [-0.3, -0.25) is 32.5 Å². The summed E-state index contributed by atoms with van der Waals surface area (Å²) >= 11 is 1.07. The van der Waals surface area contributed by atoms with Crippen LogP contribution in [0.1, 0.15) is 65.5 Å². The number of aliphatic hydroxyl groups is 2. The first kappa shape index (κ1) is 53.1. The van der Waals surface area contributed by atoms with Gasteiger partial charge in [0.25, 0.3) is 0 Å². The van der Waals surface area contributed by atoms with Crippen LogP contribution >= 0.6 is 35.2 Å². The van der Waals surface area contributed by atoms with E-state index in [1.807, 2.05) is 12.2 Å². The minimum atomic E-state index is -5.58. The molecule has 24 nitrogen and oxygen atoms in total. The number of hydrogen-bond acceptors (Lipinski definition) is 18. The van der Waals surface area contributed by atoms with E-state index in [0.717, 1.165) is 54.7 Å². The van der Waals surface area contributed by atoms with Crippen molar-refractivity contribution in [2.24, 2.45) is 5.41 Å². The maximum absolute atomic E-state index is 12.7. The molecule has 0 bridgehead atoms. The Morgan fingerprint density at radius 3 is 2.32 bits per heavy atom. The molecule has 0 spiro atoms. The van der Waals surface area contributed by atoms with Crippen LogP contribution in [0.15, 0.2) is 49.1 Å². The van der Waals surface area contributed by atoms with Crippen molar-refractivity contribution in [3.05, 3.63) is 49.1 Å². The Balaban J connectivity index is 1.39. The minimum absolute atomic E-state index is 0.0298. The molecule has 2 aromatic heterocycles. The largest absolute Gasteiger partial charge is 0.481 e. The highest BCUT2D eigenvalue weighted by atomic mass is 32.2. The lowest BCUT2D eigenvalue weighted by molar-refractivity contribution is -0.137. The number of aromatic nitrogens is 4. The second-order valence-corrected chi connectivity index (χ2v) is 19.6. The third kappa shape index (κ3) is 18.1. The number of ether oxygens (including phenoxy) is 1. The molecule has 1 fully saturated rings. The Morgan fingerprint density at radius 1 is 0.984 bits per heavy atom. The average Bonchev–Trinajstić information content (AvgIpc) is 3.75. The second kappa shape index (κ2) is 24.7. The number of aliphatic hydroxyl groups excluding tert-OH is 2. The van der Waals surface area contributed by atoms with E-state index < -0.39 is 84.6 Å². The van der Waals surface area contributed by atoms with Gasteiger partial charge in [-0.15, -0.1) is 0 Å². The summed E-state index contributed by atoms with van der Waals surface area (Å²) in [7, 11) is -16.4. The van der Waals surface area contributed by atoms with Gasteiger partial charge in [0.05, 0.1) is 19.5 Å². The van der Waals surface area contributed by atoms with Gasteiger partial charge < -0.3 is 50.9 Å². The van der Waals surface area contributed by atoms with Crippen LogP contribution in [-0.2, 0) is 50.7 Å². The second-order valence-electron chi connectivity index (χ2n) is 14.2. The first-order valence-electron chi connectivity index (χ1n) is 19.1. The standard InChI is InChI=1S/C34H54N7O17P3S/c1-4-5-6-7-8-9-10-11-12-13-14-25(43)62-18-17-36-24(42)15-16-37-32(46)29(45)34(2,3)20-55-61(52,53)58-60(50,51)54-19-23-28(57-59(47,48)49)27(44)33(56-23)41-22-40-26-30(35)38-21-39-31(26)41/h6-7,9-10,12-13,21-23,27-29,33,44-45H,4-5,8,11,14-20H2,1-3H3,(H,36,42)(H,37,46)(H,50,51)(H,52,53)(H2,35,38,39)(H2,47,48,49)/b7-6+,10-9+,13-12+. The third-order valence-corrected chi connectivity index (χ3v) is 12.5. The molecular formula is C34H54N7O17P3S. The number of rotatable bonds is 27. The molecule has 2 amide bonds. The number of allylic oxidation sites excluding steroid dienone is 6. The summed E-state index contributed by atoms with van der Waals surface area (Å²) in [6.07, 6.45) is 9.14. The van der Waals surface area contributed by atoms with Crippen molar-refractivity contribution in [3.8, 4) is 0 Å². The van der Waals surface area contributed by atoms with Gasteiger partial charge in [-0.1, -0.05) is 75.4 Å². The van der Waals surface area contributed by atoms with E-state index in [4.69, 9.17) is 19.5 Å². The molecule has 2 aromatic rings. The SMILES string of the molecule is CCC/C=C/C/C=C/C/C=C/CC(=O)SCCNC(=O)CCNC(=O)C(O)C(C)(C)COP(=O)(O)OP(=O)(O)OCC1OC(n2cnc3c(N)ncnc32)C(O)C1OP(=O)(O)O. The van der Waals surface area contributed by atoms with Crippen molar-refractivity contribution in [2.45, 2.75) is 89.9 Å². The van der Waals surface area contributed by atoms with Crippen LogP contribution in [0.4, 0.5) is 5.82 Å². The predicted molar refractivity (Wildman–Crippen MR) is 223 cm³/mol. The maximum atomic E-state index is 12.7. The highest BCUT2D eigenvalue weighted by molar-refractivity contribution is 8.13. The Kier molecular flexibility index (Phi) is 21.2. The molecular weight excluding hydrogens is 903 g/mol. The number of nitrogens with one attached hydrogen (secondary N) is 2. The molecule has 62 heavy (non-hydrogen) atoms. The van der Waals surface area contributed by atoms with Gasteiger partial charge in [-0.25, -0.2) is 28.6 Å². The van der Waals surface area contributed by atoms with Crippen LogP contribution in [0.25, 0.3) is 11.2 Å². The maximum Gasteiger partial charge on any atom is 0.481 e. The van der Waals surface area contributed by atoms with E-state index in [0.29, 0.717) is 5.75 Å². The number of nitrogens with zero attached hydrogens (tertiary/aromatic N) is 4. The number of phosphoric ester groups is 3. The number of carbonyl (C=O) groups excluding carboxylic acids is 3. The zero-order valence-corrected chi connectivity index (χ0v) is 37.6. The molecule has 7 atom stereocenters. The first-order valence-corrected chi connectivity index (χ1v) is 24.6. The third-order valence-electron chi connectivity index (χ3n) is 8.55. The molecule has 1 aliphatic rings. The van der Waals surface area contributed by atoms with E-state index in [-0.39, 0.29) is 48.0 Å². The first-order chi connectivity index (χ1) is 29.1. The zero-order valence-electron chi connectivity index (χ0n) is 34.1. The molecule has 1 saturated heterocycles. The van der Waals surface area contributed by atoms with E-state index in [2.05, 4.69) is 59.6 Å². The molecule has 0 aromatic carbocycles. The van der Waals surface area contributed by atoms with E-state index in [1.165, 1.54) is 13.8 Å². The molecule has 0 saturated carbocycles. The van der Waals surface area contributed by atoms with Crippen LogP contribution in [0.3, 0.4) is 0 Å². The van der Waals surface area contributed by atoms with Gasteiger partial charge in [0, 0.05) is 37.1 Å². The fourth-order valence-electron chi connectivity index (χ4n) is 5.36. The Labute approximate surface area is 361 Å². The number of fused-ring (bicyclic) bond motifs is 1.